The first-order chi connectivity index (χ1) is 11.7. The van der Waals surface area contributed by atoms with Gasteiger partial charge in [-0.1, -0.05) is 18.9 Å². The Labute approximate surface area is 141 Å². The Morgan fingerprint density at radius 3 is 2.58 bits per heavy atom. The van der Waals surface area contributed by atoms with Crippen molar-refractivity contribution in [1.82, 2.24) is 4.90 Å². The first kappa shape index (κ1) is 17.5. The molecular formula is C18H21N3O3. The SMILES string of the molecule is COC(=O)/C(C#N)=C\Nc1cccc(C(=O)N2CCCCCC2)c1. The van der Waals surface area contributed by atoms with E-state index in [1.54, 1.807) is 30.3 Å². The van der Waals surface area contributed by atoms with Gasteiger partial charge in [-0.05, 0) is 31.0 Å². The van der Waals surface area contributed by atoms with Crippen LogP contribution in [-0.4, -0.2) is 37.0 Å². The van der Waals surface area contributed by atoms with E-state index in [0.717, 1.165) is 25.9 Å². The fourth-order valence-electron chi connectivity index (χ4n) is 2.60. The third-order valence-electron chi connectivity index (χ3n) is 3.91. The van der Waals surface area contributed by atoms with E-state index in [1.807, 2.05) is 4.90 Å². The van der Waals surface area contributed by atoms with Crippen molar-refractivity contribution in [2.24, 2.45) is 0 Å². The number of esters is 1. The van der Waals surface area contributed by atoms with Crippen LogP contribution in [0, 0.1) is 11.3 Å². The van der Waals surface area contributed by atoms with Crippen LogP contribution in [-0.2, 0) is 9.53 Å². The fourth-order valence-corrected chi connectivity index (χ4v) is 2.60. The molecule has 1 N–H and O–H groups in total. The number of hydrogen-bond acceptors (Lipinski definition) is 5. The lowest BCUT2D eigenvalue weighted by molar-refractivity contribution is -0.135. The quantitative estimate of drug-likeness (QED) is 0.522. The van der Waals surface area contributed by atoms with Crippen LogP contribution in [0.15, 0.2) is 36.0 Å². The zero-order valence-corrected chi connectivity index (χ0v) is 13.7. The zero-order valence-electron chi connectivity index (χ0n) is 13.7. The number of ether oxygens (including phenoxy) is 1. The van der Waals surface area contributed by atoms with E-state index in [-0.39, 0.29) is 11.5 Å². The third kappa shape index (κ3) is 4.59. The molecule has 1 fully saturated rings. The second-order valence-corrected chi connectivity index (χ2v) is 5.59. The summed E-state index contributed by atoms with van der Waals surface area (Å²) in [6, 6.07) is 8.79. The van der Waals surface area contributed by atoms with E-state index in [0.29, 0.717) is 11.3 Å². The summed E-state index contributed by atoms with van der Waals surface area (Å²) in [6.45, 7) is 1.58. The van der Waals surface area contributed by atoms with Crippen LogP contribution in [0.5, 0.6) is 0 Å². The minimum absolute atomic E-state index is 0.0120. The Morgan fingerprint density at radius 2 is 1.96 bits per heavy atom. The lowest BCUT2D eigenvalue weighted by Crippen LogP contribution is -2.31. The number of carbonyl (C=O) groups excluding carboxylic acids is 2. The molecule has 0 aliphatic carbocycles. The summed E-state index contributed by atoms with van der Waals surface area (Å²) >= 11 is 0. The normalized spacial score (nSPS) is 15.2. The molecule has 2 rings (SSSR count). The lowest BCUT2D eigenvalue weighted by Gasteiger charge is -2.20. The van der Waals surface area contributed by atoms with Crippen LogP contribution in [0.4, 0.5) is 5.69 Å². The maximum atomic E-state index is 12.6. The summed E-state index contributed by atoms with van der Waals surface area (Å²) in [5, 5.41) is 11.8. The molecule has 126 valence electrons. The van der Waals surface area contributed by atoms with Crippen LogP contribution in [0.2, 0.25) is 0 Å². The number of amides is 1. The molecule has 1 aliphatic heterocycles. The Bertz CT molecular complexity index is 668. The summed E-state index contributed by atoms with van der Waals surface area (Å²) < 4.78 is 4.51. The van der Waals surface area contributed by atoms with E-state index in [4.69, 9.17) is 5.26 Å². The second kappa shape index (κ2) is 8.73. The maximum Gasteiger partial charge on any atom is 0.350 e. The number of hydrogen-bond donors (Lipinski definition) is 1. The Kier molecular flexibility index (Phi) is 6.38. The van der Waals surface area contributed by atoms with Gasteiger partial charge in [0.05, 0.1) is 7.11 Å². The predicted molar refractivity (Wildman–Crippen MR) is 90.1 cm³/mol. The molecule has 1 aromatic rings. The zero-order chi connectivity index (χ0) is 17.4. The highest BCUT2D eigenvalue weighted by Crippen LogP contribution is 2.16. The largest absolute Gasteiger partial charge is 0.465 e. The first-order valence-corrected chi connectivity index (χ1v) is 8.00. The molecule has 1 heterocycles. The number of benzene rings is 1. The summed E-state index contributed by atoms with van der Waals surface area (Å²) in [5.74, 6) is -0.695. The smallest absolute Gasteiger partial charge is 0.350 e. The van der Waals surface area contributed by atoms with Crippen molar-refractivity contribution >= 4 is 17.6 Å². The van der Waals surface area contributed by atoms with Crippen molar-refractivity contribution in [2.75, 3.05) is 25.5 Å². The van der Waals surface area contributed by atoms with Gasteiger partial charge in [0.15, 0.2) is 5.57 Å². The van der Waals surface area contributed by atoms with E-state index in [9.17, 15) is 9.59 Å². The van der Waals surface area contributed by atoms with Crippen molar-refractivity contribution in [2.45, 2.75) is 25.7 Å². The van der Waals surface area contributed by atoms with Crippen LogP contribution in [0.25, 0.3) is 0 Å². The van der Waals surface area contributed by atoms with Gasteiger partial charge in [-0.3, -0.25) is 4.79 Å². The lowest BCUT2D eigenvalue weighted by atomic mass is 10.1. The Balaban J connectivity index is 2.11. The number of carbonyl (C=O) groups is 2. The number of likely N-dealkylation sites (tertiary alicyclic amines) is 1. The topological polar surface area (TPSA) is 82.4 Å². The van der Waals surface area contributed by atoms with Crippen molar-refractivity contribution < 1.29 is 14.3 Å². The van der Waals surface area contributed by atoms with Gasteiger partial charge in [0, 0.05) is 30.5 Å². The van der Waals surface area contributed by atoms with Gasteiger partial charge in [-0.25, -0.2) is 4.79 Å². The van der Waals surface area contributed by atoms with Crippen molar-refractivity contribution in [3.63, 3.8) is 0 Å². The maximum absolute atomic E-state index is 12.6. The molecule has 0 saturated carbocycles. The third-order valence-corrected chi connectivity index (χ3v) is 3.91. The molecule has 6 heteroatoms. The molecule has 0 radical (unpaired) electrons. The highest BCUT2D eigenvalue weighted by atomic mass is 16.5. The number of anilines is 1. The molecule has 1 aliphatic rings. The van der Waals surface area contributed by atoms with Gasteiger partial charge in [-0.2, -0.15) is 5.26 Å². The monoisotopic (exact) mass is 327 g/mol. The summed E-state index contributed by atoms with van der Waals surface area (Å²) in [5.41, 5.74) is 1.08. The Morgan fingerprint density at radius 1 is 1.25 bits per heavy atom. The van der Waals surface area contributed by atoms with Gasteiger partial charge >= 0.3 is 5.97 Å². The summed E-state index contributed by atoms with van der Waals surface area (Å²) in [4.78, 5) is 25.9. The number of methoxy groups -OCH3 is 1. The van der Waals surface area contributed by atoms with E-state index < -0.39 is 5.97 Å². The molecule has 1 saturated heterocycles. The fraction of sp³-hybridized carbons (Fsp3) is 0.389. The van der Waals surface area contributed by atoms with Crippen LogP contribution < -0.4 is 5.32 Å². The predicted octanol–water partition coefficient (Wildman–Crippen LogP) is 2.70. The highest BCUT2D eigenvalue weighted by molar-refractivity contribution is 5.95. The molecule has 0 aromatic heterocycles. The summed E-state index contributed by atoms with van der Waals surface area (Å²) in [6.07, 6.45) is 5.69. The average molecular weight is 327 g/mol. The van der Waals surface area contributed by atoms with Crippen LogP contribution in [0.3, 0.4) is 0 Å². The van der Waals surface area contributed by atoms with Crippen LogP contribution in [0.1, 0.15) is 36.0 Å². The van der Waals surface area contributed by atoms with E-state index >= 15 is 0 Å². The first-order valence-electron chi connectivity index (χ1n) is 8.00. The number of nitriles is 1. The van der Waals surface area contributed by atoms with Gasteiger partial charge in [0.2, 0.25) is 0 Å². The van der Waals surface area contributed by atoms with Crippen molar-refractivity contribution in [3.05, 3.63) is 41.6 Å². The molecule has 24 heavy (non-hydrogen) atoms. The minimum Gasteiger partial charge on any atom is -0.465 e. The molecule has 1 aromatic carbocycles. The average Bonchev–Trinajstić information content (AvgIpc) is 2.91. The standard InChI is InChI=1S/C18H21N3O3/c1-24-18(23)15(12-19)13-20-16-8-6-7-14(11-16)17(22)21-9-4-2-3-5-10-21/h6-8,11,13,20H,2-5,9-10H2,1H3/b15-13-. The van der Waals surface area contributed by atoms with E-state index in [1.165, 1.54) is 26.2 Å². The summed E-state index contributed by atoms with van der Waals surface area (Å²) in [7, 11) is 1.22. The van der Waals surface area contributed by atoms with Crippen molar-refractivity contribution in [3.8, 4) is 6.07 Å². The number of nitrogens with one attached hydrogen (secondary N) is 1. The molecule has 0 bridgehead atoms. The van der Waals surface area contributed by atoms with Gasteiger partial charge < -0.3 is 15.0 Å². The highest BCUT2D eigenvalue weighted by Gasteiger charge is 2.17. The van der Waals surface area contributed by atoms with Gasteiger partial charge in [-0.15, -0.1) is 0 Å². The van der Waals surface area contributed by atoms with E-state index in [2.05, 4.69) is 10.1 Å². The minimum atomic E-state index is -0.707. The second-order valence-electron chi connectivity index (χ2n) is 5.59. The molecule has 0 spiro atoms. The molecule has 6 nitrogen and oxygen atoms in total. The van der Waals surface area contributed by atoms with Gasteiger partial charge in [0.25, 0.3) is 5.91 Å². The molecule has 1 amide bonds. The molecule has 0 atom stereocenters. The number of nitrogens with zero attached hydrogens (tertiary/aromatic N) is 2. The van der Waals surface area contributed by atoms with Gasteiger partial charge in [0.1, 0.15) is 6.07 Å². The van der Waals surface area contributed by atoms with Crippen LogP contribution >= 0.6 is 0 Å². The molecular weight excluding hydrogens is 306 g/mol. The Hall–Kier alpha value is -2.81. The number of rotatable bonds is 4. The molecule has 0 unspecified atom stereocenters. The van der Waals surface area contributed by atoms with Crippen molar-refractivity contribution in [1.29, 1.82) is 5.26 Å².